The Morgan fingerprint density at radius 1 is 1.11 bits per heavy atom. The maximum Gasteiger partial charge on any atom is 0.0589 e. The van der Waals surface area contributed by atoms with Gasteiger partial charge in [0.15, 0.2) is 0 Å². The van der Waals surface area contributed by atoms with Crippen molar-refractivity contribution >= 4 is 0 Å². The Labute approximate surface area is 119 Å². The van der Waals surface area contributed by atoms with Crippen LogP contribution in [0.5, 0.6) is 0 Å². The average molecular weight is 267 g/mol. The molecule has 19 heavy (non-hydrogen) atoms. The van der Waals surface area contributed by atoms with E-state index in [2.05, 4.69) is 19.2 Å². The normalized spacial score (nSPS) is 31.3. The molecular weight excluding hydrogens is 234 g/mol. The summed E-state index contributed by atoms with van der Waals surface area (Å²) in [5, 5.41) is 3.98. The lowest BCUT2D eigenvalue weighted by Gasteiger charge is -2.37. The van der Waals surface area contributed by atoms with Gasteiger partial charge in [0.2, 0.25) is 0 Å². The van der Waals surface area contributed by atoms with E-state index >= 15 is 0 Å². The second kappa shape index (κ2) is 8.26. The quantitative estimate of drug-likeness (QED) is 0.775. The minimum atomic E-state index is 0.514. The van der Waals surface area contributed by atoms with Gasteiger partial charge in [-0.05, 0) is 44.4 Å². The molecule has 1 aliphatic heterocycles. The van der Waals surface area contributed by atoms with Crippen molar-refractivity contribution in [1.29, 1.82) is 0 Å². The van der Waals surface area contributed by atoms with Crippen molar-refractivity contribution in [3.63, 3.8) is 0 Å². The number of rotatable bonds is 6. The molecule has 1 saturated carbocycles. The number of nitrogens with one attached hydrogen (secondary N) is 1. The first-order valence-electron chi connectivity index (χ1n) is 8.71. The molecule has 2 rings (SSSR count). The van der Waals surface area contributed by atoms with E-state index < -0.39 is 0 Å². The van der Waals surface area contributed by atoms with Crippen LogP contribution in [0.3, 0.4) is 0 Å². The van der Waals surface area contributed by atoms with Crippen LogP contribution >= 0.6 is 0 Å². The van der Waals surface area contributed by atoms with E-state index in [0.29, 0.717) is 12.1 Å². The van der Waals surface area contributed by atoms with Gasteiger partial charge < -0.3 is 10.1 Å². The molecule has 2 aliphatic rings. The second-order valence-corrected chi connectivity index (χ2v) is 6.58. The molecule has 1 saturated heterocycles. The van der Waals surface area contributed by atoms with E-state index in [4.69, 9.17) is 4.74 Å². The van der Waals surface area contributed by atoms with Crippen LogP contribution in [0.15, 0.2) is 0 Å². The fraction of sp³-hybridized carbons (Fsp3) is 1.00. The molecule has 0 amide bonds. The Kier molecular flexibility index (Phi) is 6.66. The molecule has 112 valence electrons. The third kappa shape index (κ3) is 4.75. The van der Waals surface area contributed by atoms with Gasteiger partial charge in [0.05, 0.1) is 6.10 Å². The van der Waals surface area contributed by atoms with Gasteiger partial charge in [-0.1, -0.05) is 39.5 Å². The number of hydrogen-bond donors (Lipinski definition) is 1. The summed E-state index contributed by atoms with van der Waals surface area (Å²) < 4.78 is 5.87. The van der Waals surface area contributed by atoms with Gasteiger partial charge >= 0.3 is 0 Å². The van der Waals surface area contributed by atoms with Crippen LogP contribution in [0.2, 0.25) is 0 Å². The first-order valence-corrected chi connectivity index (χ1v) is 8.71. The zero-order valence-corrected chi connectivity index (χ0v) is 13.0. The molecule has 0 spiro atoms. The molecule has 0 radical (unpaired) electrons. The van der Waals surface area contributed by atoms with Crippen LogP contribution in [0.25, 0.3) is 0 Å². The lowest BCUT2D eigenvalue weighted by molar-refractivity contribution is -0.00693. The molecular formula is C17H33NO. The third-order valence-electron chi connectivity index (χ3n) is 5.09. The highest BCUT2D eigenvalue weighted by Gasteiger charge is 2.27. The van der Waals surface area contributed by atoms with Crippen LogP contribution in [-0.4, -0.2) is 24.8 Å². The standard InChI is InChI=1S/C17H33NO/c1-3-8-16-13-15(11-12-19-16)18-17(4-2)14-9-6-5-7-10-14/h14-18H,3-13H2,1-2H3. The Balaban J connectivity index is 1.79. The summed E-state index contributed by atoms with van der Waals surface area (Å²) in [6.07, 6.45) is 14.0. The van der Waals surface area contributed by atoms with Crippen molar-refractivity contribution in [1.82, 2.24) is 5.32 Å². The SMILES string of the molecule is CCCC1CC(NC(CC)C2CCCCC2)CCO1. The molecule has 2 fully saturated rings. The lowest BCUT2D eigenvalue weighted by atomic mass is 9.82. The van der Waals surface area contributed by atoms with Crippen LogP contribution < -0.4 is 5.32 Å². The largest absolute Gasteiger partial charge is 0.378 e. The fourth-order valence-electron chi connectivity index (χ4n) is 3.98. The van der Waals surface area contributed by atoms with E-state index in [0.717, 1.165) is 18.6 Å². The zero-order valence-electron chi connectivity index (χ0n) is 13.0. The van der Waals surface area contributed by atoms with Crippen molar-refractivity contribution in [2.24, 2.45) is 5.92 Å². The van der Waals surface area contributed by atoms with E-state index in [1.54, 1.807) is 0 Å². The smallest absolute Gasteiger partial charge is 0.0589 e. The first kappa shape index (κ1) is 15.3. The summed E-state index contributed by atoms with van der Waals surface area (Å²) in [5.41, 5.74) is 0. The molecule has 0 bridgehead atoms. The average Bonchev–Trinajstić information content (AvgIpc) is 2.46. The molecule has 0 aromatic heterocycles. The van der Waals surface area contributed by atoms with Crippen molar-refractivity contribution in [3.05, 3.63) is 0 Å². The van der Waals surface area contributed by atoms with E-state index in [9.17, 15) is 0 Å². The first-order chi connectivity index (χ1) is 9.33. The van der Waals surface area contributed by atoms with Gasteiger partial charge in [-0.15, -0.1) is 0 Å². The topological polar surface area (TPSA) is 21.3 Å². The molecule has 1 N–H and O–H groups in total. The summed E-state index contributed by atoms with van der Waals surface area (Å²) in [6.45, 7) is 5.58. The molecule has 2 nitrogen and oxygen atoms in total. The monoisotopic (exact) mass is 267 g/mol. The van der Waals surface area contributed by atoms with E-state index in [1.165, 1.54) is 64.2 Å². The Morgan fingerprint density at radius 3 is 2.58 bits per heavy atom. The molecule has 3 atom stereocenters. The van der Waals surface area contributed by atoms with Gasteiger partial charge in [-0.3, -0.25) is 0 Å². The molecule has 0 aromatic rings. The van der Waals surface area contributed by atoms with Gasteiger partial charge in [0, 0.05) is 18.7 Å². The van der Waals surface area contributed by atoms with Crippen molar-refractivity contribution in [2.45, 2.75) is 96.2 Å². The highest BCUT2D eigenvalue weighted by molar-refractivity contribution is 4.84. The fourth-order valence-corrected chi connectivity index (χ4v) is 3.98. The maximum absolute atomic E-state index is 5.87. The molecule has 2 heteroatoms. The summed E-state index contributed by atoms with van der Waals surface area (Å²) >= 11 is 0. The lowest BCUT2D eigenvalue weighted by Crippen LogP contribution is -2.47. The van der Waals surface area contributed by atoms with Crippen molar-refractivity contribution in [2.75, 3.05) is 6.61 Å². The van der Waals surface area contributed by atoms with Crippen LogP contribution in [0.1, 0.15) is 78.1 Å². The van der Waals surface area contributed by atoms with Crippen LogP contribution in [0, 0.1) is 5.92 Å². The van der Waals surface area contributed by atoms with Crippen LogP contribution in [-0.2, 0) is 4.74 Å². The Bertz CT molecular complexity index is 235. The second-order valence-electron chi connectivity index (χ2n) is 6.58. The summed E-state index contributed by atoms with van der Waals surface area (Å²) in [4.78, 5) is 0. The molecule has 1 aliphatic carbocycles. The predicted molar refractivity (Wildman–Crippen MR) is 81.5 cm³/mol. The predicted octanol–water partition coefficient (Wildman–Crippen LogP) is 4.28. The third-order valence-corrected chi connectivity index (χ3v) is 5.09. The Hall–Kier alpha value is -0.0800. The summed E-state index contributed by atoms with van der Waals surface area (Å²) in [6, 6.07) is 1.46. The number of hydrogen-bond acceptors (Lipinski definition) is 2. The molecule has 0 aromatic carbocycles. The highest BCUT2D eigenvalue weighted by Crippen LogP contribution is 2.29. The van der Waals surface area contributed by atoms with Crippen LogP contribution in [0.4, 0.5) is 0 Å². The minimum absolute atomic E-state index is 0.514. The van der Waals surface area contributed by atoms with Gasteiger partial charge in [-0.25, -0.2) is 0 Å². The molecule has 3 unspecified atom stereocenters. The summed E-state index contributed by atoms with van der Waals surface area (Å²) in [5.74, 6) is 0.936. The van der Waals surface area contributed by atoms with E-state index in [1.807, 2.05) is 0 Å². The van der Waals surface area contributed by atoms with E-state index in [-0.39, 0.29) is 0 Å². The minimum Gasteiger partial charge on any atom is -0.378 e. The van der Waals surface area contributed by atoms with Gasteiger partial charge in [0.25, 0.3) is 0 Å². The Morgan fingerprint density at radius 2 is 1.89 bits per heavy atom. The highest BCUT2D eigenvalue weighted by atomic mass is 16.5. The maximum atomic E-state index is 5.87. The van der Waals surface area contributed by atoms with Crippen molar-refractivity contribution < 1.29 is 4.74 Å². The summed E-state index contributed by atoms with van der Waals surface area (Å²) in [7, 11) is 0. The number of ether oxygens (including phenoxy) is 1. The zero-order chi connectivity index (χ0) is 13.5. The van der Waals surface area contributed by atoms with Gasteiger partial charge in [-0.2, -0.15) is 0 Å². The molecule has 1 heterocycles. The van der Waals surface area contributed by atoms with Gasteiger partial charge in [0.1, 0.15) is 0 Å². The van der Waals surface area contributed by atoms with Crippen molar-refractivity contribution in [3.8, 4) is 0 Å².